The van der Waals surface area contributed by atoms with Gasteiger partial charge in [-0.3, -0.25) is 4.79 Å². The fraction of sp³-hybridized carbons (Fsp3) is 0.467. The van der Waals surface area contributed by atoms with Crippen LogP contribution < -0.4 is 0 Å². The summed E-state index contributed by atoms with van der Waals surface area (Å²) in [6.07, 6.45) is 1.45. The summed E-state index contributed by atoms with van der Waals surface area (Å²) in [5.74, 6) is 0.279. The Morgan fingerprint density at radius 3 is 2.85 bits per heavy atom. The number of nitrogens with zero attached hydrogens (tertiary/aromatic N) is 2. The monoisotopic (exact) mass is 276 g/mol. The van der Waals surface area contributed by atoms with Gasteiger partial charge in [-0.25, -0.2) is 0 Å². The summed E-state index contributed by atoms with van der Waals surface area (Å²) >= 11 is 0. The second-order valence-electron chi connectivity index (χ2n) is 5.20. The van der Waals surface area contributed by atoms with E-state index in [-0.39, 0.29) is 17.6 Å². The van der Waals surface area contributed by atoms with E-state index in [1.165, 1.54) is 0 Å². The van der Waals surface area contributed by atoms with Crippen LogP contribution >= 0.6 is 0 Å². The highest BCUT2D eigenvalue weighted by Gasteiger charge is 2.28. The highest BCUT2D eigenvalue weighted by molar-refractivity contribution is 5.96. The van der Waals surface area contributed by atoms with E-state index in [1.54, 1.807) is 30.0 Å². The predicted molar refractivity (Wildman–Crippen MR) is 76.4 cm³/mol. The van der Waals surface area contributed by atoms with Gasteiger partial charge in [0, 0.05) is 31.0 Å². The first kappa shape index (κ1) is 14.4. The van der Waals surface area contributed by atoms with Gasteiger partial charge in [0.05, 0.1) is 5.71 Å². The predicted octanol–water partition coefficient (Wildman–Crippen LogP) is 2.40. The minimum Gasteiger partial charge on any atom is -0.508 e. The number of carbonyl (C=O) groups excluding carboxylic acids is 1. The Kier molecular flexibility index (Phi) is 4.27. The molecule has 1 unspecified atom stereocenters. The number of phenols is 1. The van der Waals surface area contributed by atoms with Crippen LogP contribution in [-0.4, -0.2) is 39.9 Å². The van der Waals surface area contributed by atoms with Crippen molar-refractivity contribution in [2.24, 2.45) is 11.1 Å². The quantitative estimate of drug-likeness (QED) is 0.643. The third kappa shape index (κ3) is 2.76. The number of aryl methyl sites for hydroxylation is 1. The Morgan fingerprint density at radius 2 is 2.25 bits per heavy atom. The number of hydrogen-bond donors (Lipinski definition) is 2. The maximum absolute atomic E-state index is 12.5. The maximum atomic E-state index is 12.5. The lowest BCUT2D eigenvalue weighted by atomic mass is 9.92. The summed E-state index contributed by atoms with van der Waals surface area (Å²) in [4.78, 5) is 14.2. The molecule has 1 atom stereocenters. The van der Waals surface area contributed by atoms with Crippen LogP contribution in [0.3, 0.4) is 0 Å². The first-order valence-corrected chi connectivity index (χ1v) is 6.86. The van der Waals surface area contributed by atoms with E-state index in [0.717, 1.165) is 12.1 Å². The molecule has 108 valence electrons. The first-order valence-electron chi connectivity index (χ1n) is 6.86. The molecule has 2 rings (SSSR count). The first-order chi connectivity index (χ1) is 9.56. The van der Waals surface area contributed by atoms with Gasteiger partial charge >= 0.3 is 0 Å². The normalized spacial score (nSPS) is 21.2. The third-order valence-corrected chi connectivity index (χ3v) is 3.90. The molecule has 0 radical (unpaired) electrons. The van der Waals surface area contributed by atoms with E-state index in [4.69, 9.17) is 5.21 Å². The molecule has 1 aromatic rings. The number of piperidine rings is 1. The Morgan fingerprint density at radius 1 is 1.50 bits per heavy atom. The van der Waals surface area contributed by atoms with Gasteiger partial charge in [-0.2, -0.15) is 0 Å². The van der Waals surface area contributed by atoms with Crippen molar-refractivity contribution in [1.82, 2.24) is 4.90 Å². The van der Waals surface area contributed by atoms with E-state index in [0.29, 0.717) is 30.6 Å². The standard InChI is InChI=1S/C15H20N2O3/c1-3-11-9-17(7-6-13(11)16-20)15(19)12-4-5-14(18)10(2)8-12/h4-5,8,11,18,20H,3,6-7,9H2,1-2H3/b16-13+. The summed E-state index contributed by atoms with van der Waals surface area (Å²) in [5.41, 5.74) is 2.05. The molecular weight excluding hydrogens is 256 g/mol. The second-order valence-corrected chi connectivity index (χ2v) is 5.20. The van der Waals surface area contributed by atoms with Gasteiger partial charge in [0.1, 0.15) is 5.75 Å². The summed E-state index contributed by atoms with van der Waals surface area (Å²) in [5, 5.41) is 21.8. The Hall–Kier alpha value is -2.04. The van der Waals surface area contributed by atoms with E-state index >= 15 is 0 Å². The molecule has 1 aromatic carbocycles. The van der Waals surface area contributed by atoms with Crippen molar-refractivity contribution in [2.45, 2.75) is 26.7 Å². The molecule has 0 bridgehead atoms. The number of hydrogen-bond acceptors (Lipinski definition) is 4. The van der Waals surface area contributed by atoms with Crippen molar-refractivity contribution in [2.75, 3.05) is 13.1 Å². The van der Waals surface area contributed by atoms with Crippen molar-refractivity contribution in [1.29, 1.82) is 0 Å². The van der Waals surface area contributed by atoms with Crippen molar-refractivity contribution >= 4 is 11.6 Å². The maximum Gasteiger partial charge on any atom is 0.253 e. The van der Waals surface area contributed by atoms with Gasteiger partial charge in [-0.1, -0.05) is 12.1 Å². The smallest absolute Gasteiger partial charge is 0.253 e. The molecule has 20 heavy (non-hydrogen) atoms. The topological polar surface area (TPSA) is 73.1 Å². The van der Waals surface area contributed by atoms with Crippen LogP contribution in [0.4, 0.5) is 0 Å². The molecular formula is C15H20N2O3. The van der Waals surface area contributed by atoms with Crippen LogP contribution in [0.15, 0.2) is 23.4 Å². The van der Waals surface area contributed by atoms with Crippen molar-refractivity contribution in [3.8, 4) is 5.75 Å². The number of phenolic OH excluding ortho intramolecular Hbond substituents is 1. The molecule has 2 N–H and O–H groups in total. The molecule has 1 amide bonds. The average molecular weight is 276 g/mol. The number of aromatic hydroxyl groups is 1. The van der Waals surface area contributed by atoms with Crippen LogP contribution in [-0.2, 0) is 0 Å². The summed E-state index contributed by atoms with van der Waals surface area (Å²) in [6, 6.07) is 4.89. The zero-order valence-electron chi connectivity index (χ0n) is 11.8. The fourth-order valence-electron chi connectivity index (χ4n) is 2.57. The van der Waals surface area contributed by atoms with E-state index < -0.39 is 0 Å². The van der Waals surface area contributed by atoms with E-state index in [9.17, 15) is 9.90 Å². The Bertz CT molecular complexity index is 540. The number of rotatable bonds is 2. The summed E-state index contributed by atoms with van der Waals surface area (Å²) in [7, 11) is 0. The van der Waals surface area contributed by atoms with Crippen molar-refractivity contribution in [3.05, 3.63) is 29.3 Å². The Balaban J connectivity index is 2.15. The highest BCUT2D eigenvalue weighted by Crippen LogP contribution is 2.22. The molecule has 1 fully saturated rings. The van der Waals surface area contributed by atoms with E-state index in [2.05, 4.69) is 5.16 Å². The lowest BCUT2D eigenvalue weighted by molar-refractivity contribution is 0.0729. The summed E-state index contributed by atoms with van der Waals surface area (Å²) < 4.78 is 0. The van der Waals surface area contributed by atoms with E-state index in [1.807, 2.05) is 6.92 Å². The molecule has 5 nitrogen and oxygen atoms in total. The number of amides is 1. The molecule has 0 aromatic heterocycles. The largest absolute Gasteiger partial charge is 0.508 e. The zero-order chi connectivity index (χ0) is 14.7. The van der Waals surface area contributed by atoms with Crippen LogP contribution in [0.2, 0.25) is 0 Å². The molecule has 0 spiro atoms. The zero-order valence-corrected chi connectivity index (χ0v) is 11.8. The lowest BCUT2D eigenvalue weighted by Crippen LogP contribution is -2.44. The lowest BCUT2D eigenvalue weighted by Gasteiger charge is -2.33. The molecule has 1 aliphatic heterocycles. The van der Waals surface area contributed by atoms with Gasteiger partial charge < -0.3 is 15.2 Å². The molecule has 0 saturated carbocycles. The SMILES string of the molecule is CCC1CN(C(=O)c2ccc(O)c(C)c2)CC/C1=N\O. The van der Waals surface area contributed by atoms with Gasteiger partial charge in [-0.15, -0.1) is 0 Å². The molecule has 5 heteroatoms. The fourth-order valence-corrected chi connectivity index (χ4v) is 2.57. The van der Waals surface area contributed by atoms with Crippen molar-refractivity contribution < 1.29 is 15.1 Å². The number of oxime groups is 1. The van der Waals surface area contributed by atoms with Gasteiger partial charge in [0.25, 0.3) is 5.91 Å². The Labute approximate surface area is 118 Å². The number of carbonyl (C=O) groups is 1. The molecule has 1 heterocycles. The summed E-state index contributed by atoms with van der Waals surface area (Å²) in [6.45, 7) is 4.94. The van der Waals surface area contributed by atoms with Crippen LogP contribution in [0, 0.1) is 12.8 Å². The molecule has 1 saturated heterocycles. The average Bonchev–Trinajstić information content (AvgIpc) is 2.48. The van der Waals surface area contributed by atoms with Crippen LogP contribution in [0.25, 0.3) is 0 Å². The minimum absolute atomic E-state index is 0.0384. The molecule has 0 aliphatic carbocycles. The van der Waals surface area contributed by atoms with Gasteiger partial charge in [0.2, 0.25) is 0 Å². The number of likely N-dealkylation sites (tertiary alicyclic amines) is 1. The minimum atomic E-state index is -0.0384. The second kappa shape index (κ2) is 5.94. The van der Waals surface area contributed by atoms with Crippen LogP contribution in [0.1, 0.15) is 35.7 Å². The van der Waals surface area contributed by atoms with Crippen LogP contribution in [0.5, 0.6) is 5.75 Å². The van der Waals surface area contributed by atoms with Crippen molar-refractivity contribution in [3.63, 3.8) is 0 Å². The third-order valence-electron chi connectivity index (χ3n) is 3.90. The van der Waals surface area contributed by atoms with Gasteiger partial charge in [-0.05, 0) is 37.1 Å². The molecule has 1 aliphatic rings. The van der Waals surface area contributed by atoms with Gasteiger partial charge in [0.15, 0.2) is 0 Å². The number of benzene rings is 1. The highest BCUT2D eigenvalue weighted by atomic mass is 16.4.